The molecule has 0 saturated carbocycles. The van der Waals surface area contributed by atoms with E-state index in [9.17, 15) is 19.8 Å². The van der Waals surface area contributed by atoms with Crippen molar-refractivity contribution in [3.8, 4) is 11.1 Å². The van der Waals surface area contributed by atoms with E-state index in [0.717, 1.165) is 0 Å². The van der Waals surface area contributed by atoms with Crippen molar-refractivity contribution in [2.24, 2.45) is 0 Å². The maximum Gasteiger partial charge on any atom is 0.355 e. The van der Waals surface area contributed by atoms with Gasteiger partial charge in [0.15, 0.2) is 0 Å². The number of esters is 2. The van der Waals surface area contributed by atoms with E-state index in [1.54, 1.807) is 24.3 Å². The van der Waals surface area contributed by atoms with Crippen LogP contribution in [0.1, 0.15) is 39.1 Å². The summed E-state index contributed by atoms with van der Waals surface area (Å²) in [7, 11) is 2.47. The number of aromatic amines is 1. The number of methoxy groups -OCH3 is 2. The van der Waals surface area contributed by atoms with E-state index in [0.29, 0.717) is 16.7 Å². The number of aliphatic hydroxyl groups excluding tert-OH is 2. The molecule has 0 aliphatic carbocycles. The molecule has 144 valence electrons. The molecule has 3 N–H and O–H groups in total. The standard InChI is InChI=1S/C19H21NO7/c1-25-18(23)16-14(10-6-4-3-5-7-10)15(17(20-16)19(24)26-2)12-8-11(22)13(9-21)27-12/h3-7,11-13,20-22H,8-9H2,1-2H3. The Bertz CT molecular complexity index is 830. The zero-order valence-corrected chi connectivity index (χ0v) is 15.0. The normalized spacial score (nSPS) is 21.9. The van der Waals surface area contributed by atoms with Crippen LogP contribution < -0.4 is 0 Å². The highest BCUT2D eigenvalue weighted by molar-refractivity contribution is 6.02. The molecule has 27 heavy (non-hydrogen) atoms. The second-order valence-electron chi connectivity index (χ2n) is 6.16. The van der Waals surface area contributed by atoms with Crippen LogP contribution in [0.15, 0.2) is 30.3 Å². The van der Waals surface area contributed by atoms with Crippen LogP contribution in [-0.4, -0.2) is 60.2 Å². The predicted molar refractivity (Wildman–Crippen MR) is 94.2 cm³/mol. The van der Waals surface area contributed by atoms with Crippen molar-refractivity contribution in [2.75, 3.05) is 20.8 Å². The van der Waals surface area contributed by atoms with E-state index < -0.39 is 30.3 Å². The molecule has 2 aromatic rings. The predicted octanol–water partition coefficient (Wildman–Crippen LogP) is 1.44. The van der Waals surface area contributed by atoms with Gasteiger partial charge < -0.3 is 29.4 Å². The molecule has 1 aromatic heterocycles. The maximum atomic E-state index is 12.4. The van der Waals surface area contributed by atoms with Crippen molar-refractivity contribution in [3.63, 3.8) is 0 Å². The monoisotopic (exact) mass is 375 g/mol. The number of benzene rings is 1. The molecule has 1 aliphatic heterocycles. The van der Waals surface area contributed by atoms with Gasteiger partial charge in [0.25, 0.3) is 0 Å². The van der Waals surface area contributed by atoms with Crippen LogP contribution in [0.3, 0.4) is 0 Å². The largest absolute Gasteiger partial charge is 0.464 e. The van der Waals surface area contributed by atoms with Crippen LogP contribution in [0.2, 0.25) is 0 Å². The van der Waals surface area contributed by atoms with Crippen LogP contribution in [0.25, 0.3) is 11.1 Å². The molecule has 3 rings (SSSR count). The molecule has 2 heterocycles. The Labute approximate surface area is 155 Å². The number of carbonyl (C=O) groups is 2. The van der Waals surface area contributed by atoms with E-state index in [2.05, 4.69) is 4.98 Å². The van der Waals surface area contributed by atoms with E-state index in [4.69, 9.17) is 14.2 Å². The van der Waals surface area contributed by atoms with Crippen molar-refractivity contribution in [3.05, 3.63) is 47.3 Å². The Morgan fingerprint density at radius 3 is 2.33 bits per heavy atom. The van der Waals surface area contributed by atoms with Crippen LogP contribution in [0.4, 0.5) is 0 Å². The summed E-state index contributed by atoms with van der Waals surface area (Å²) >= 11 is 0. The number of aromatic nitrogens is 1. The molecule has 8 nitrogen and oxygen atoms in total. The van der Waals surface area contributed by atoms with Crippen molar-refractivity contribution in [1.82, 2.24) is 4.98 Å². The summed E-state index contributed by atoms with van der Waals surface area (Å²) in [6, 6.07) is 8.99. The minimum Gasteiger partial charge on any atom is -0.464 e. The lowest BCUT2D eigenvalue weighted by molar-refractivity contribution is -0.0226. The van der Waals surface area contributed by atoms with E-state index in [1.165, 1.54) is 14.2 Å². The first-order chi connectivity index (χ1) is 13.0. The second-order valence-corrected chi connectivity index (χ2v) is 6.16. The second kappa shape index (κ2) is 7.91. The van der Waals surface area contributed by atoms with Crippen molar-refractivity contribution < 1.29 is 34.0 Å². The summed E-state index contributed by atoms with van der Waals surface area (Å²) in [6.07, 6.45) is -2.23. The van der Waals surface area contributed by atoms with Gasteiger partial charge in [0, 0.05) is 17.5 Å². The fourth-order valence-corrected chi connectivity index (χ4v) is 3.34. The lowest BCUT2D eigenvalue weighted by Gasteiger charge is -2.15. The van der Waals surface area contributed by atoms with Crippen LogP contribution in [0.5, 0.6) is 0 Å². The Hall–Kier alpha value is -2.68. The van der Waals surface area contributed by atoms with Gasteiger partial charge in [-0.2, -0.15) is 0 Å². The SMILES string of the molecule is COC(=O)c1[nH]c(C(=O)OC)c(C2CC(O)C(CO)O2)c1-c1ccccc1. The summed E-state index contributed by atoms with van der Waals surface area (Å²) in [5.74, 6) is -1.33. The summed E-state index contributed by atoms with van der Waals surface area (Å²) < 4.78 is 15.5. The van der Waals surface area contributed by atoms with E-state index in [1.807, 2.05) is 6.07 Å². The summed E-state index contributed by atoms with van der Waals surface area (Å²) in [5, 5.41) is 19.5. The zero-order valence-electron chi connectivity index (χ0n) is 15.0. The highest BCUT2D eigenvalue weighted by Gasteiger charge is 2.40. The van der Waals surface area contributed by atoms with Gasteiger partial charge in [0.1, 0.15) is 17.5 Å². The van der Waals surface area contributed by atoms with E-state index in [-0.39, 0.29) is 24.4 Å². The molecule has 3 unspecified atom stereocenters. The lowest BCUT2D eigenvalue weighted by atomic mass is 9.94. The van der Waals surface area contributed by atoms with Gasteiger partial charge in [-0.15, -0.1) is 0 Å². The van der Waals surface area contributed by atoms with Crippen LogP contribution >= 0.6 is 0 Å². The average Bonchev–Trinajstić information content (AvgIpc) is 3.27. The number of nitrogens with one attached hydrogen (secondary N) is 1. The minimum absolute atomic E-state index is 0.0487. The lowest BCUT2D eigenvalue weighted by Crippen LogP contribution is -2.24. The first-order valence-corrected chi connectivity index (χ1v) is 8.44. The maximum absolute atomic E-state index is 12.4. The van der Waals surface area contributed by atoms with Crippen LogP contribution in [0, 0.1) is 0 Å². The molecule has 0 radical (unpaired) electrons. The number of carbonyl (C=O) groups excluding carboxylic acids is 2. The number of aliphatic hydroxyl groups is 2. The van der Waals surface area contributed by atoms with Crippen LogP contribution in [-0.2, 0) is 14.2 Å². The Kier molecular flexibility index (Phi) is 5.59. The topological polar surface area (TPSA) is 118 Å². The molecule has 1 saturated heterocycles. The van der Waals surface area contributed by atoms with Crippen molar-refractivity contribution in [1.29, 1.82) is 0 Å². The summed E-state index contributed by atoms with van der Waals surface area (Å²) in [6.45, 7) is -0.361. The molecule has 0 bridgehead atoms. The Morgan fingerprint density at radius 1 is 1.15 bits per heavy atom. The number of H-pyrrole nitrogens is 1. The Morgan fingerprint density at radius 2 is 1.78 bits per heavy atom. The molecule has 1 fully saturated rings. The van der Waals surface area contributed by atoms with Gasteiger partial charge in [0.2, 0.25) is 0 Å². The third kappa shape index (κ3) is 3.46. The molecule has 0 amide bonds. The summed E-state index contributed by atoms with van der Waals surface area (Å²) in [4.78, 5) is 27.5. The van der Waals surface area contributed by atoms with Crippen molar-refractivity contribution >= 4 is 11.9 Å². The van der Waals surface area contributed by atoms with E-state index >= 15 is 0 Å². The van der Waals surface area contributed by atoms with Crippen molar-refractivity contribution in [2.45, 2.75) is 24.7 Å². The van der Waals surface area contributed by atoms with Gasteiger partial charge in [-0.25, -0.2) is 9.59 Å². The third-order valence-electron chi connectivity index (χ3n) is 4.61. The summed E-state index contributed by atoms with van der Waals surface area (Å²) in [5.41, 5.74) is 1.64. The number of hydrogen-bond donors (Lipinski definition) is 3. The van der Waals surface area contributed by atoms with Gasteiger partial charge in [-0.3, -0.25) is 0 Å². The number of hydrogen-bond acceptors (Lipinski definition) is 7. The first-order valence-electron chi connectivity index (χ1n) is 8.44. The fraction of sp³-hybridized carbons (Fsp3) is 0.368. The number of ether oxygens (including phenoxy) is 3. The molecule has 1 aliphatic rings. The highest BCUT2D eigenvalue weighted by atomic mass is 16.5. The first kappa shape index (κ1) is 19.1. The van der Waals surface area contributed by atoms with Gasteiger partial charge in [-0.05, 0) is 5.56 Å². The number of rotatable bonds is 5. The molecule has 3 atom stereocenters. The molecular formula is C19H21NO7. The minimum atomic E-state index is -0.898. The smallest absolute Gasteiger partial charge is 0.355 e. The quantitative estimate of drug-likeness (QED) is 0.677. The van der Waals surface area contributed by atoms with Gasteiger partial charge >= 0.3 is 11.9 Å². The fourth-order valence-electron chi connectivity index (χ4n) is 3.34. The average molecular weight is 375 g/mol. The molecule has 0 spiro atoms. The molecule has 8 heteroatoms. The molecular weight excluding hydrogens is 354 g/mol. The van der Waals surface area contributed by atoms with Gasteiger partial charge in [-0.1, -0.05) is 30.3 Å². The third-order valence-corrected chi connectivity index (χ3v) is 4.61. The zero-order chi connectivity index (χ0) is 19.6. The highest BCUT2D eigenvalue weighted by Crippen LogP contribution is 2.42. The Balaban J connectivity index is 2.23. The molecule has 1 aromatic carbocycles. The van der Waals surface area contributed by atoms with Gasteiger partial charge in [0.05, 0.1) is 33.0 Å².